The summed E-state index contributed by atoms with van der Waals surface area (Å²) in [6.45, 7) is 2.05. The number of aldehydes is 1. The minimum Gasteiger partial charge on any atom is -0.496 e. The number of allylic oxidation sites excluding steroid dienone is 2. The number of nitrogens with one attached hydrogen (secondary N) is 1. The van der Waals surface area contributed by atoms with Crippen molar-refractivity contribution in [2.24, 2.45) is 5.73 Å². The summed E-state index contributed by atoms with van der Waals surface area (Å²) in [6.07, 6.45) is 2.44. The normalized spacial score (nSPS) is 13.4. The summed E-state index contributed by atoms with van der Waals surface area (Å²) in [5, 5.41) is 2.92. The third-order valence-electron chi connectivity index (χ3n) is 1.64. The Balaban J connectivity index is 4.85. The van der Waals surface area contributed by atoms with Gasteiger partial charge >= 0.3 is 0 Å². The molecule has 0 aliphatic heterocycles. The fourth-order valence-corrected chi connectivity index (χ4v) is 0.758. The predicted octanol–water partition coefficient (Wildman–Crippen LogP) is 0.168. The molecule has 0 radical (unpaired) electrons. The molecule has 3 N–H and O–H groups in total. The average Bonchev–Trinajstić information content (AvgIpc) is 2.17. The monoisotopic (exact) mass is 184 g/mol. The van der Waals surface area contributed by atoms with Gasteiger partial charge in [0.25, 0.3) is 0 Å². The molecule has 74 valence electrons. The maximum atomic E-state index is 10.5. The summed E-state index contributed by atoms with van der Waals surface area (Å²) in [7, 11) is 3.30. The third-order valence-corrected chi connectivity index (χ3v) is 1.64. The quantitative estimate of drug-likeness (QED) is 0.277. The molecule has 0 aromatic carbocycles. The van der Waals surface area contributed by atoms with Crippen LogP contribution in [0.15, 0.2) is 23.1 Å². The summed E-state index contributed by atoms with van der Waals surface area (Å²) in [5.41, 5.74) is 6.72. The van der Waals surface area contributed by atoms with Crippen molar-refractivity contribution in [1.82, 2.24) is 5.32 Å². The van der Waals surface area contributed by atoms with Gasteiger partial charge in [-0.05, 0) is 13.0 Å². The van der Waals surface area contributed by atoms with Crippen LogP contribution in [-0.2, 0) is 9.53 Å². The number of methoxy groups -OCH3 is 1. The van der Waals surface area contributed by atoms with Crippen molar-refractivity contribution in [3.8, 4) is 0 Å². The van der Waals surface area contributed by atoms with Crippen LogP contribution >= 0.6 is 0 Å². The highest BCUT2D eigenvalue weighted by molar-refractivity contribution is 5.75. The smallest absolute Gasteiger partial charge is 0.151 e. The van der Waals surface area contributed by atoms with Crippen LogP contribution in [0.3, 0.4) is 0 Å². The molecule has 0 aliphatic rings. The number of carbonyl (C=O) groups is 1. The minimum absolute atomic E-state index is 0.181. The predicted molar refractivity (Wildman–Crippen MR) is 52.0 cm³/mol. The summed E-state index contributed by atoms with van der Waals surface area (Å²) < 4.78 is 5.02. The number of hydrogen-bond donors (Lipinski definition) is 2. The van der Waals surface area contributed by atoms with Crippen molar-refractivity contribution < 1.29 is 9.53 Å². The minimum atomic E-state index is 0.181. The van der Waals surface area contributed by atoms with Gasteiger partial charge in [0.1, 0.15) is 5.76 Å². The second kappa shape index (κ2) is 6.25. The molecule has 0 saturated heterocycles. The molecule has 0 fully saturated rings. The Kier molecular flexibility index (Phi) is 5.63. The lowest BCUT2D eigenvalue weighted by Crippen LogP contribution is -2.09. The molecule has 0 bridgehead atoms. The van der Waals surface area contributed by atoms with Gasteiger partial charge in [0.05, 0.1) is 7.11 Å². The number of ether oxygens (including phenoxy) is 1. The van der Waals surface area contributed by atoms with Gasteiger partial charge in [-0.1, -0.05) is 0 Å². The first-order chi connectivity index (χ1) is 6.19. The molecule has 0 aromatic heterocycles. The van der Waals surface area contributed by atoms with Gasteiger partial charge in [0.15, 0.2) is 6.29 Å². The lowest BCUT2D eigenvalue weighted by molar-refractivity contribution is -0.105. The molecule has 4 nitrogen and oxygen atoms in total. The molecule has 13 heavy (non-hydrogen) atoms. The molecule has 4 heteroatoms. The fraction of sp³-hybridized carbons (Fsp3) is 0.444. The standard InChI is InChI=1S/C9H16N2O2/c1-7(11-2)4-9(13-3)8(5-10)6-12/h4,6,11H,5,10H2,1-3H3/b7-4-,9-8+. The number of carbonyl (C=O) groups excluding carboxylic acids is 1. The lowest BCUT2D eigenvalue weighted by atomic mass is 10.2. The Bertz CT molecular complexity index is 232. The molecule has 0 unspecified atom stereocenters. The van der Waals surface area contributed by atoms with E-state index < -0.39 is 0 Å². The van der Waals surface area contributed by atoms with Crippen molar-refractivity contribution in [1.29, 1.82) is 0 Å². The average molecular weight is 184 g/mol. The molecular weight excluding hydrogens is 168 g/mol. The van der Waals surface area contributed by atoms with E-state index in [0.29, 0.717) is 17.6 Å². The van der Waals surface area contributed by atoms with E-state index in [9.17, 15) is 4.79 Å². The van der Waals surface area contributed by atoms with Crippen LogP contribution in [-0.4, -0.2) is 27.0 Å². The Labute approximate surface area is 78.4 Å². The van der Waals surface area contributed by atoms with Crippen LogP contribution in [0.25, 0.3) is 0 Å². The SMILES string of the molecule is CN/C(C)=C\C(OC)=C(/C=O)CN. The van der Waals surface area contributed by atoms with Gasteiger partial charge in [0, 0.05) is 24.9 Å². The highest BCUT2D eigenvalue weighted by atomic mass is 16.5. The zero-order valence-corrected chi connectivity index (χ0v) is 8.26. The molecule has 0 amide bonds. The van der Waals surface area contributed by atoms with E-state index >= 15 is 0 Å². The number of rotatable bonds is 5. The molecule has 0 aliphatic carbocycles. The first kappa shape index (κ1) is 11.7. The summed E-state index contributed by atoms with van der Waals surface area (Å²) >= 11 is 0. The third kappa shape index (κ3) is 3.75. The van der Waals surface area contributed by atoms with E-state index in [0.717, 1.165) is 5.70 Å². The zero-order chi connectivity index (χ0) is 10.3. The topological polar surface area (TPSA) is 64.3 Å². The largest absolute Gasteiger partial charge is 0.496 e. The fourth-order valence-electron chi connectivity index (χ4n) is 0.758. The van der Waals surface area contributed by atoms with Crippen LogP contribution in [0.2, 0.25) is 0 Å². The second-order valence-electron chi connectivity index (χ2n) is 2.49. The van der Waals surface area contributed by atoms with Crippen molar-refractivity contribution >= 4 is 6.29 Å². The molecular formula is C9H16N2O2. The van der Waals surface area contributed by atoms with Crippen LogP contribution in [0.4, 0.5) is 0 Å². The Morgan fingerprint density at radius 2 is 2.23 bits per heavy atom. The molecule has 0 heterocycles. The summed E-state index contributed by atoms with van der Waals surface area (Å²) in [4.78, 5) is 10.5. The van der Waals surface area contributed by atoms with E-state index in [1.54, 1.807) is 13.1 Å². The highest BCUT2D eigenvalue weighted by Crippen LogP contribution is 2.05. The molecule has 0 rings (SSSR count). The summed E-state index contributed by atoms with van der Waals surface area (Å²) in [5.74, 6) is 0.504. The molecule has 0 saturated carbocycles. The Morgan fingerprint density at radius 3 is 2.54 bits per heavy atom. The number of hydrogen-bond acceptors (Lipinski definition) is 4. The van der Waals surface area contributed by atoms with Crippen LogP contribution in [0, 0.1) is 0 Å². The zero-order valence-electron chi connectivity index (χ0n) is 8.26. The van der Waals surface area contributed by atoms with Crippen molar-refractivity contribution in [3.05, 3.63) is 23.1 Å². The van der Waals surface area contributed by atoms with Gasteiger partial charge in [-0.2, -0.15) is 0 Å². The van der Waals surface area contributed by atoms with Gasteiger partial charge < -0.3 is 15.8 Å². The van der Waals surface area contributed by atoms with E-state index in [2.05, 4.69) is 5.32 Å². The van der Waals surface area contributed by atoms with Gasteiger partial charge in [-0.15, -0.1) is 0 Å². The van der Waals surface area contributed by atoms with Crippen molar-refractivity contribution in [2.45, 2.75) is 6.92 Å². The van der Waals surface area contributed by atoms with Gasteiger partial charge in [-0.25, -0.2) is 0 Å². The van der Waals surface area contributed by atoms with Crippen LogP contribution < -0.4 is 11.1 Å². The summed E-state index contributed by atoms with van der Waals surface area (Å²) in [6, 6.07) is 0. The Morgan fingerprint density at radius 1 is 1.62 bits per heavy atom. The van der Waals surface area contributed by atoms with E-state index in [1.165, 1.54) is 7.11 Å². The van der Waals surface area contributed by atoms with Gasteiger partial charge in [-0.3, -0.25) is 4.79 Å². The van der Waals surface area contributed by atoms with E-state index in [1.807, 2.05) is 6.92 Å². The maximum Gasteiger partial charge on any atom is 0.151 e. The molecule has 0 spiro atoms. The van der Waals surface area contributed by atoms with Crippen molar-refractivity contribution in [3.63, 3.8) is 0 Å². The van der Waals surface area contributed by atoms with Crippen LogP contribution in [0.5, 0.6) is 0 Å². The highest BCUT2D eigenvalue weighted by Gasteiger charge is 2.01. The van der Waals surface area contributed by atoms with Gasteiger partial charge in [0.2, 0.25) is 0 Å². The lowest BCUT2D eigenvalue weighted by Gasteiger charge is -2.06. The van der Waals surface area contributed by atoms with Crippen LogP contribution in [0.1, 0.15) is 6.92 Å². The Hall–Kier alpha value is -1.29. The maximum absolute atomic E-state index is 10.5. The molecule has 0 aromatic rings. The second-order valence-corrected chi connectivity index (χ2v) is 2.49. The first-order valence-electron chi connectivity index (χ1n) is 3.98. The first-order valence-corrected chi connectivity index (χ1v) is 3.98. The number of nitrogens with two attached hydrogens (primary N) is 1. The van der Waals surface area contributed by atoms with Crippen molar-refractivity contribution in [2.75, 3.05) is 20.7 Å². The van der Waals surface area contributed by atoms with E-state index in [-0.39, 0.29) is 6.54 Å². The van der Waals surface area contributed by atoms with E-state index in [4.69, 9.17) is 10.5 Å². The molecule has 0 atom stereocenters.